The van der Waals surface area contributed by atoms with Crippen LogP contribution >= 0.6 is 0 Å². The van der Waals surface area contributed by atoms with Crippen LogP contribution in [0.2, 0.25) is 0 Å². The molecule has 116 valence electrons. The van der Waals surface area contributed by atoms with Crippen molar-refractivity contribution in [2.45, 2.75) is 52.0 Å². The van der Waals surface area contributed by atoms with Crippen LogP contribution in [0.3, 0.4) is 0 Å². The van der Waals surface area contributed by atoms with Crippen LogP contribution in [-0.2, 0) is 4.79 Å². The summed E-state index contributed by atoms with van der Waals surface area (Å²) in [6.45, 7) is 5.08. The maximum atomic E-state index is 11.4. The van der Waals surface area contributed by atoms with Crippen molar-refractivity contribution >= 4 is 5.97 Å². The van der Waals surface area contributed by atoms with Gasteiger partial charge in [-0.15, -0.1) is 0 Å². The van der Waals surface area contributed by atoms with E-state index in [1.54, 1.807) is 0 Å². The quantitative estimate of drug-likeness (QED) is 0.834. The zero-order valence-electron chi connectivity index (χ0n) is 13.1. The molecule has 1 aliphatic rings. The minimum Gasteiger partial charge on any atom is -0.481 e. The van der Waals surface area contributed by atoms with Gasteiger partial charge in [-0.2, -0.15) is 0 Å². The van der Waals surface area contributed by atoms with Gasteiger partial charge in [0.25, 0.3) is 0 Å². The first-order valence-electron chi connectivity index (χ1n) is 8.14. The molecule has 1 aliphatic carbocycles. The van der Waals surface area contributed by atoms with E-state index in [1.807, 2.05) is 0 Å². The molecule has 1 aromatic carbocycles. The first kappa shape index (κ1) is 16.0. The highest BCUT2D eigenvalue weighted by atomic mass is 16.4. The number of nitrogens with one attached hydrogen (secondary N) is 1. The summed E-state index contributed by atoms with van der Waals surface area (Å²) in [5, 5.41) is 12.9. The first-order chi connectivity index (χ1) is 10.1. The number of carboxylic acids is 1. The summed E-state index contributed by atoms with van der Waals surface area (Å²) in [7, 11) is 0. The smallest absolute Gasteiger partial charge is 0.306 e. The van der Waals surface area contributed by atoms with Gasteiger partial charge in [-0.1, -0.05) is 49.6 Å². The van der Waals surface area contributed by atoms with Crippen molar-refractivity contribution in [1.82, 2.24) is 5.32 Å². The molecule has 0 amide bonds. The third kappa shape index (κ3) is 4.31. The van der Waals surface area contributed by atoms with Crippen molar-refractivity contribution in [3.8, 4) is 0 Å². The van der Waals surface area contributed by atoms with Crippen LogP contribution in [0.25, 0.3) is 0 Å². The lowest BCUT2D eigenvalue weighted by Gasteiger charge is -2.30. The molecule has 0 radical (unpaired) electrons. The van der Waals surface area contributed by atoms with E-state index in [0.717, 1.165) is 38.6 Å². The van der Waals surface area contributed by atoms with Crippen molar-refractivity contribution in [1.29, 1.82) is 0 Å². The molecular weight excluding hydrogens is 262 g/mol. The van der Waals surface area contributed by atoms with Crippen LogP contribution in [0.1, 0.15) is 56.2 Å². The maximum absolute atomic E-state index is 11.4. The van der Waals surface area contributed by atoms with Gasteiger partial charge < -0.3 is 10.4 Å². The minimum absolute atomic E-state index is 0.165. The molecule has 3 heteroatoms. The zero-order chi connectivity index (χ0) is 15.2. The number of carbonyl (C=O) groups is 1. The van der Waals surface area contributed by atoms with E-state index >= 15 is 0 Å². The van der Waals surface area contributed by atoms with E-state index in [-0.39, 0.29) is 11.8 Å². The fourth-order valence-corrected chi connectivity index (χ4v) is 3.37. The van der Waals surface area contributed by atoms with Crippen LogP contribution < -0.4 is 5.32 Å². The number of aliphatic carboxylic acids is 1. The Kier molecular flexibility index (Phi) is 5.80. The molecule has 3 unspecified atom stereocenters. The second-order valence-corrected chi connectivity index (χ2v) is 6.27. The van der Waals surface area contributed by atoms with E-state index in [9.17, 15) is 9.90 Å². The van der Waals surface area contributed by atoms with Crippen LogP contribution in [0.5, 0.6) is 0 Å². The Morgan fingerprint density at radius 1 is 1.29 bits per heavy atom. The van der Waals surface area contributed by atoms with E-state index < -0.39 is 5.97 Å². The van der Waals surface area contributed by atoms with E-state index in [0.29, 0.717) is 6.04 Å². The predicted octanol–water partition coefficient (Wildman–Crippen LogP) is 3.93. The molecule has 2 rings (SSSR count). The Hall–Kier alpha value is -1.35. The molecule has 0 aromatic heterocycles. The molecule has 0 aliphatic heterocycles. The van der Waals surface area contributed by atoms with Crippen LogP contribution in [-0.4, -0.2) is 17.6 Å². The highest BCUT2D eigenvalue weighted by Gasteiger charge is 2.30. The fourth-order valence-electron chi connectivity index (χ4n) is 3.37. The number of hydrogen-bond acceptors (Lipinski definition) is 2. The van der Waals surface area contributed by atoms with Crippen LogP contribution in [0.4, 0.5) is 0 Å². The van der Waals surface area contributed by atoms with Gasteiger partial charge in [-0.25, -0.2) is 0 Å². The average Bonchev–Trinajstić information content (AvgIpc) is 2.50. The number of benzene rings is 1. The second-order valence-electron chi connectivity index (χ2n) is 6.27. The van der Waals surface area contributed by atoms with Gasteiger partial charge in [0.2, 0.25) is 0 Å². The molecule has 2 N–H and O–H groups in total. The molecule has 0 bridgehead atoms. The molecule has 0 saturated heterocycles. The summed E-state index contributed by atoms with van der Waals surface area (Å²) in [6.07, 6.45) is 5.12. The molecular formula is C18H27NO2. The Bertz CT molecular complexity index is 455. The molecule has 3 atom stereocenters. The van der Waals surface area contributed by atoms with Crippen LogP contribution in [0.15, 0.2) is 24.3 Å². The largest absolute Gasteiger partial charge is 0.481 e. The van der Waals surface area contributed by atoms with E-state index in [2.05, 4.69) is 43.4 Å². The second kappa shape index (κ2) is 7.60. The maximum Gasteiger partial charge on any atom is 0.306 e. The number of rotatable bonds is 6. The van der Waals surface area contributed by atoms with Crippen molar-refractivity contribution in [3.63, 3.8) is 0 Å². The molecule has 1 fully saturated rings. The molecule has 0 heterocycles. The number of carboxylic acid groups (broad SMARTS) is 1. The van der Waals surface area contributed by atoms with E-state index in [1.165, 1.54) is 11.1 Å². The molecule has 3 nitrogen and oxygen atoms in total. The normalized spacial score (nSPS) is 23.7. The minimum atomic E-state index is -0.620. The molecule has 0 spiro atoms. The SMILES string of the molecule is CCC(NCC1CCCCC1C(=O)O)c1ccc(C)cc1. The Morgan fingerprint density at radius 3 is 2.57 bits per heavy atom. The summed E-state index contributed by atoms with van der Waals surface area (Å²) in [4.78, 5) is 11.4. The monoisotopic (exact) mass is 289 g/mol. The average molecular weight is 289 g/mol. The summed E-state index contributed by atoms with van der Waals surface area (Å²) >= 11 is 0. The highest BCUT2D eigenvalue weighted by molar-refractivity contribution is 5.70. The van der Waals surface area contributed by atoms with Crippen molar-refractivity contribution in [2.75, 3.05) is 6.54 Å². The number of hydrogen-bond donors (Lipinski definition) is 2. The molecule has 1 saturated carbocycles. The lowest BCUT2D eigenvalue weighted by atomic mass is 9.79. The van der Waals surface area contributed by atoms with Gasteiger partial charge in [-0.3, -0.25) is 4.79 Å². The predicted molar refractivity (Wildman–Crippen MR) is 85.3 cm³/mol. The summed E-state index contributed by atoms with van der Waals surface area (Å²) in [5.41, 5.74) is 2.57. The van der Waals surface area contributed by atoms with Gasteiger partial charge in [0.15, 0.2) is 0 Å². The topological polar surface area (TPSA) is 49.3 Å². The third-order valence-electron chi connectivity index (χ3n) is 4.74. The number of aryl methyl sites for hydroxylation is 1. The lowest BCUT2D eigenvalue weighted by molar-refractivity contribution is -0.144. The van der Waals surface area contributed by atoms with Gasteiger partial charge in [0, 0.05) is 6.04 Å². The molecule has 21 heavy (non-hydrogen) atoms. The summed E-state index contributed by atoms with van der Waals surface area (Å²) in [5.74, 6) is -0.512. The standard InChI is InChI=1S/C18H27NO2/c1-3-17(14-10-8-13(2)9-11-14)19-12-15-6-4-5-7-16(15)18(20)21/h8-11,15-17,19H,3-7,12H2,1-2H3,(H,20,21). The lowest BCUT2D eigenvalue weighted by Crippen LogP contribution is -2.36. The molecule has 1 aromatic rings. The third-order valence-corrected chi connectivity index (χ3v) is 4.74. The Labute approximate surface area is 127 Å². The van der Waals surface area contributed by atoms with Gasteiger partial charge in [-0.05, 0) is 44.2 Å². The van der Waals surface area contributed by atoms with E-state index in [4.69, 9.17) is 0 Å². The van der Waals surface area contributed by atoms with Crippen molar-refractivity contribution in [3.05, 3.63) is 35.4 Å². The van der Waals surface area contributed by atoms with Gasteiger partial charge in [0.1, 0.15) is 0 Å². The van der Waals surface area contributed by atoms with Gasteiger partial charge >= 0.3 is 5.97 Å². The highest BCUT2D eigenvalue weighted by Crippen LogP contribution is 2.30. The van der Waals surface area contributed by atoms with Crippen molar-refractivity contribution < 1.29 is 9.90 Å². The van der Waals surface area contributed by atoms with Crippen LogP contribution in [0, 0.1) is 18.8 Å². The fraction of sp³-hybridized carbons (Fsp3) is 0.611. The Morgan fingerprint density at radius 2 is 1.95 bits per heavy atom. The van der Waals surface area contributed by atoms with Gasteiger partial charge in [0.05, 0.1) is 5.92 Å². The van der Waals surface area contributed by atoms with Crippen molar-refractivity contribution in [2.24, 2.45) is 11.8 Å². The zero-order valence-corrected chi connectivity index (χ0v) is 13.1. The Balaban J connectivity index is 1.95. The summed E-state index contributed by atoms with van der Waals surface area (Å²) < 4.78 is 0. The first-order valence-corrected chi connectivity index (χ1v) is 8.14. The summed E-state index contributed by atoms with van der Waals surface area (Å²) in [6, 6.07) is 8.95.